The van der Waals surface area contributed by atoms with Crippen molar-refractivity contribution in [3.8, 4) is 0 Å². The van der Waals surface area contributed by atoms with Gasteiger partial charge in [0, 0.05) is 13.2 Å². The van der Waals surface area contributed by atoms with Crippen molar-refractivity contribution >= 4 is 7.82 Å². The highest BCUT2D eigenvalue weighted by Gasteiger charge is 2.12. The van der Waals surface area contributed by atoms with Crippen LogP contribution in [0, 0.1) is 11.8 Å². The zero-order valence-corrected chi connectivity index (χ0v) is 32.6. The lowest BCUT2D eigenvalue weighted by Crippen LogP contribution is -2.16. The maximum absolute atomic E-state index is 8.88. The Labute approximate surface area is 283 Å². The molecule has 0 aliphatic carbocycles. The van der Waals surface area contributed by atoms with Crippen LogP contribution in [0.3, 0.4) is 0 Å². The molecular weight excluding hydrogens is 581 g/mol. The Kier molecular flexibility index (Phi) is 44.2. The van der Waals surface area contributed by atoms with Gasteiger partial charge in [-0.3, -0.25) is 0 Å². The maximum atomic E-state index is 8.88. The monoisotopic (exact) mass is 666 g/mol. The molecule has 0 spiro atoms. The summed E-state index contributed by atoms with van der Waals surface area (Å²) in [5.41, 5.74) is 0. The molecule has 2 unspecified atom stereocenters. The molecule has 0 aromatic heterocycles. The largest absolute Gasteiger partial charge is 0.466 e. The molecule has 0 aromatic carbocycles. The summed E-state index contributed by atoms with van der Waals surface area (Å²) in [6, 6.07) is 0. The van der Waals surface area contributed by atoms with E-state index in [9.17, 15) is 0 Å². The van der Waals surface area contributed by atoms with Crippen molar-refractivity contribution < 1.29 is 24.0 Å². The number of nitrogens with zero attached hydrogens (tertiary/aromatic N) is 1. The Morgan fingerprint density at radius 1 is 0.467 bits per heavy atom. The van der Waals surface area contributed by atoms with Crippen LogP contribution in [0.25, 0.3) is 0 Å². The Morgan fingerprint density at radius 3 is 1.04 bits per heavy atom. The van der Waals surface area contributed by atoms with Crippen molar-refractivity contribution in [2.24, 2.45) is 11.8 Å². The predicted octanol–water partition coefficient (Wildman–Crippen LogP) is 12.1. The Bertz CT molecular complexity index is 540. The van der Waals surface area contributed by atoms with Gasteiger partial charge >= 0.3 is 7.82 Å². The molecule has 45 heavy (non-hydrogen) atoms. The zero-order valence-electron chi connectivity index (χ0n) is 31.7. The molecule has 0 amide bonds. The second-order valence-electron chi connectivity index (χ2n) is 13.8. The number of hydrogen-bond acceptors (Lipinski definition) is 3. The molecular formula is C38H84NO5P. The van der Waals surface area contributed by atoms with Crippen molar-refractivity contribution in [3.05, 3.63) is 0 Å². The molecule has 0 saturated carbocycles. The second-order valence-corrected chi connectivity index (χ2v) is 14.8. The number of phosphoric acid groups is 1. The first-order valence-corrected chi connectivity index (χ1v) is 21.1. The van der Waals surface area contributed by atoms with E-state index < -0.39 is 7.82 Å². The van der Waals surface area contributed by atoms with Crippen LogP contribution in [0.5, 0.6) is 0 Å². The lowest BCUT2D eigenvalue weighted by molar-refractivity contribution is 0.0590. The van der Waals surface area contributed by atoms with E-state index in [0.717, 1.165) is 25.0 Å². The van der Waals surface area contributed by atoms with E-state index in [4.69, 9.17) is 24.0 Å². The van der Waals surface area contributed by atoms with E-state index in [1.54, 1.807) is 0 Å². The molecule has 3 N–H and O–H groups in total. The van der Waals surface area contributed by atoms with E-state index in [2.05, 4.69) is 53.6 Å². The third-order valence-electron chi connectivity index (χ3n) is 8.53. The van der Waals surface area contributed by atoms with Crippen LogP contribution in [0.1, 0.15) is 202 Å². The van der Waals surface area contributed by atoms with Crippen LogP contribution in [-0.4, -0.2) is 53.4 Å². The summed E-state index contributed by atoms with van der Waals surface area (Å²) < 4.78 is 15.1. The number of rotatable bonds is 31. The first kappa shape index (κ1) is 49.4. The van der Waals surface area contributed by atoms with Gasteiger partial charge in [-0.2, -0.15) is 0 Å². The number of ether oxygens (including phenoxy) is 1. The lowest BCUT2D eigenvalue weighted by atomic mass is 9.95. The summed E-state index contributed by atoms with van der Waals surface area (Å²) in [4.78, 5) is 23.8. The molecule has 0 radical (unpaired) electrons. The smallest absolute Gasteiger partial charge is 0.381 e. The molecule has 0 saturated heterocycles. The highest BCUT2D eigenvalue weighted by atomic mass is 31.2. The first-order chi connectivity index (χ1) is 21.5. The van der Waals surface area contributed by atoms with Crippen molar-refractivity contribution in [3.63, 3.8) is 0 Å². The number of hydrogen-bond donors (Lipinski definition) is 3. The summed E-state index contributed by atoms with van der Waals surface area (Å²) in [5, 5.41) is 0. The zero-order chi connectivity index (χ0) is 34.4. The van der Waals surface area contributed by atoms with Crippen molar-refractivity contribution in [2.75, 3.05) is 33.9 Å². The fourth-order valence-electron chi connectivity index (χ4n) is 5.64. The predicted molar refractivity (Wildman–Crippen MR) is 199 cm³/mol. The average Bonchev–Trinajstić information content (AvgIpc) is 2.98. The van der Waals surface area contributed by atoms with Crippen molar-refractivity contribution in [2.45, 2.75) is 202 Å². The standard InChI is InChI=1S/C24H50O.C14H31N.H3O4P/c1-5-9-13-15-19-23(17-11-7-3)21-25-22-24(18-12-8-4)20-16-14-10-6-2;1-4-5-6-7-8-9-10-11-12-13-14-15(2)3;1-5(2,3)4/h23-24H,5-22H2,1-4H3;4-14H2,1-3H3;(H3,1,2,3,4). The maximum Gasteiger partial charge on any atom is 0.466 e. The van der Waals surface area contributed by atoms with E-state index in [1.165, 1.54) is 173 Å². The van der Waals surface area contributed by atoms with Crippen LogP contribution < -0.4 is 0 Å². The van der Waals surface area contributed by atoms with Crippen molar-refractivity contribution in [1.29, 1.82) is 0 Å². The quantitative estimate of drug-likeness (QED) is 0.0504. The SMILES string of the molecule is CCCCCCC(CCCC)COCC(CCCC)CCCCCC.CCCCCCCCCCCCN(C)C.O=P(O)(O)O. The summed E-state index contributed by atoms with van der Waals surface area (Å²) >= 11 is 0. The normalized spacial score (nSPS) is 12.8. The van der Waals surface area contributed by atoms with Gasteiger partial charge in [-0.05, 0) is 64.6 Å². The van der Waals surface area contributed by atoms with Crippen LogP contribution in [0.2, 0.25) is 0 Å². The second kappa shape index (κ2) is 40.2. The first-order valence-electron chi connectivity index (χ1n) is 19.6. The molecule has 0 aromatic rings. The highest BCUT2D eigenvalue weighted by molar-refractivity contribution is 7.45. The third kappa shape index (κ3) is 53.8. The summed E-state index contributed by atoms with van der Waals surface area (Å²) in [6.07, 6.45) is 36.4. The van der Waals surface area contributed by atoms with Gasteiger partial charge < -0.3 is 24.3 Å². The minimum Gasteiger partial charge on any atom is -0.381 e. The fourth-order valence-corrected chi connectivity index (χ4v) is 5.64. The summed E-state index contributed by atoms with van der Waals surface area (Å²) in [7, 11) is -0.318. The molecule has 0 fully saturated rings. The topological polar surface area (TPSA) is 90.2 Å². The molecule has 7 heteroatoms. The van der Waals surface area contributed by atoms with E-state index in [1.807, 2.05) is 0 Å². The molecule has 6 nitrogen and oxygen atoms in total. The molecule has 0 rings (SSSR count). The molecule has 2 atom stereocenters. The van der Waals surface area contributed by atoms with Gasteiger partial charge in [0.1, 0.15) is 0 Å². The fraction of sp³-hybridized carbons (Fsp3) is 1.00. The van der Waals surface area contributed by atoms with Crippen LogP contribution in [-0.2, 0) is 9.30 Å². The molecule has 0 bridgehead atoms. The lowest BCUT2D eigenvalue weighted by Gasteiger charge is -2.21. The molecule has 276 valence electrons. The Morgan fingerprint density at radius 2 is 0.733 bits per heavy atom. The van der Waals surface area contributed by atoms with E-state index in [0.29, 0.717) is 0 Å². The summed E-state index contributed by atoms with van der Waals surface area (Å²) in [6.45, 7) is 14.8. The van der Waals surface area contributed by atoms with E-state index in [-0.39, 0.29) is 0 Å². The van der Waals surface area contributed by atoms with Gasteiger partial charge in [0.05, 0.1) is 0 Å². The summed E-state index contributed by atoms with van der Waals surface area (Å²) in [5.74, 6) is 1.62. The molecule has 0 aliphatic rings. The minimum atomic E-state index is -4.64. The van der Waals surface area contributed by atoms with Crippen molar-refractivity contribution in [1.82, 2.24) is 4.90 Å². The van der Waals surface area contributed by atoms with Gasteiger partial charge in [0.15, 0.2) is 0 Å². The highest BCUT2D eigenvalue weighted by Crippen LogP contribution is 2.26. The molecule has 0 aliphatic heterocycles. The minimum absolute atomic E-state index is 0.809. The van der Waals surface area contributed by atoms with Gasteiger partial charge in [-0.15, -0.1) is 0 Å². The third-order valence-corrected chi connectivity index (χ3v) is 8.53. The van der Waals surface area contributed by atoms with Crippen LogP contribution >= 0.6 is 7.82 Å². The number of unbranched alkanes of at least 4 members (excludes halogenated alkanes) is 17. The van der Waals surface area contributed by atoms with E-state index >= 15 is 0 Å². The van der Waals surface area contributed by atoms with Gasteiger partial charge in [0.2, 0.25) is 0 Å². The van der Waals surface area contributed by atoms with Crippen LogP contribution in [0.15, 0.2) is 0 Å². The van der Waals surface area contributed by atoms with Gasteiger partial charge in [-0.25, -0.2) is 4.57 Å². The average molecular weight is 666 g/mol. The Balaban J connectivity index is -0.000000742. The molecule has 0 heterocycles. The Hall–Kier alpha value is 0.0300. The van der Waals surface area contributed by atoms with Gasteiger partial charge in [-0.1, -0.05) is 169 Å². The van der Waals surface area contributed by atoms with Crippen LogP contribution in [0.4, 0.5) is 0 Å². The van der Waals surface area contributed by atoms with Gasteiger partial charge in [0.25, 0.3) is 0 Å².